The number of aryl methyl sites for hydroxylation is 1. The van der Waals surface area contributed by atoms with Crippen LogP contribution in [0.4, 0.5) is 17.6 Å². The number of rotatable bonds is 12. The molecule has 1 saturated heterocycles. The fourth-order valence-electron chi connectivity index (χ4n) is 4.47. The molecule has 5 atom stereocenters. The summed E-state index contributed by atoms with van der Waals surface area (Å²) in [6.07, 6.45) is -0.598. The van der Waals surface area contributed by atoms with E-state index in [1.165, 1.54) is 6.33 Å². The Morgan fingerprint density at radius 3 is 2.60 bits per heavy atom. The number of imidazole rings is 1. The lowest BCUT2D eigenvalue weighted by atomic mass is 10.1. The minimum absolute atomic E-state index is 0.101. The number of anilines is 3. The summed E-state index contributed by atoms with van der Waals surface area (Å²) in [6, 6.07) is 7.06. The molecule has 4 aromatic rings. The van der Waals surface area contributed by atoms with E-state index in [9.17, 15) is 15.3 Å². The first-order valence-electron chi connectivity index (χ1n) is 13.4. The molecule has 4 aromatic heterocycles. The SMILES string of the molecule is CCc1cc(C2OC(n3cnc4c(NC(CO)C(C)C)nc(NCCNc5ccccn5)nc43)C(O)C2O)on1. The van der Waals surface area contributed by atoms with Crippen LogP contribution in [0.2, 0.25) is 0 Å². The Labute approximate surface area is 230 Å². The van der Waals surface area contributed by atoms with Crippen molar-refractivity contribution in [2.75, 3.05) is 35.6 Å². The molecule has 0 bridgehead atoms. The smallest absolute Gasteiger partial charge is 0.226 e. The fourth-order valence-corrected chi connectivity index (χ4v) is 4.47. The molecule has 14 nitrogen and oxygen atoms in total. The van der Waals surface area contributed by atoms with Gasteiger partial charge in [0.15, 0.2) is 29.0 Å². The van der Waals surface area contributed by atoms with Gasteiger partial charge in [-0.3, -0.25) is 4.57 Å². The summed E-state index contributed by atoms with van der Waals surface area (Å²) >= 11 is 0. The number of ether oxygens (including phenoxy) is 1. The Morgan fingerprint density at radius 2 is 1.90 bits per heavy atom. The molecule has 5 rings (SSSR count). The normalized spacial score (nSPS) is 21.7. The molecule has 0 radical (unpaired) electrons. The zero-order valence-electron chi connectivity index (χ0n) is 22.6. The summed E-state index contributed by atoms with van der Waals surface area (Å²) in [6.45, 7) is 6.86. The van der Waals surface area contributed by atoms with Gasteiger partial charge in [0.1, 0.15) is 24.1 Å². The summed E-state index contributed by atoms with van der Waals surface area (Å²) in [5.74, 6) is 1.93. The lowest BCUT2D eigenvalue weighted by Gasteiger charge is -2.21. The standard InChI is InChI=1S/C26H35N9O5/c1-4-15-11-17(40-34-15)22-20(37)21(38)25(39-22)35-13-30-19-23(31-16(12-36)14(2)3)32-26(33-24(19)35)29-10-9-28-18-7-5-6-8-27-18/h5-8,11,13-14,16,20-22,25,36-38H,4,9-10,12H2,1-3H3,(H,27,28)(H2,29,31,32,33). The third-order valence-corrected chi connectivity index (χ3v) is 6.86. The monoisotopic (exact) mass is 553 g/mol. The van der Waals surface area contributed by atoms with Gasteiger partial charge in [-0.2, -0.15) is 9.97 Å². The van der Waals surface area contributed by atoms with Crippen LogP contribution in [-0.2, 0) is 11.2 Å². The second-order valence-electron chi connectivity index (χ2n) is 9.97. The van der Waals surface area contributed by atoms with Gasteiger partial charge in [0.05, 0.1) is 24.7 Å². The Bertz CT molecular complexity index is 1400. The lowest BCUT2D eigenvalue weighted by molar-refractivity contribution is -0.0434. The van der Waals surface area contributed by atoms with E-state index in [0.29, 0.717) is 48.2 Å². The Balaban J connectivity index is 1.42. The van der Waals surface area contributed by atoms with Crippen LogP contribution in [0.5, 0.6) is 0 Å². The molecule has 0 aliphatic carbocycles. The van der Waals surface area contributed by atoms with Crippen molar-refractivity contribution in [1.29, 1.82) is 0 Å². The first kappa shape index (κ1) is 27.7. The van der Waals surface area contributed by atoms with Crippen LogP contribution in [-0.4, -0.2) is 82.9 Å². The van der Waals surface area contributed by atoms with E-state index in [1.807, 2.05) is 39.0 Å². The van der Waals surface area contributed by atoms with Crippen molar-refractivity contribution in [3.8, 4) is 0 Å². The second-order valence-corrected chi connectivity index (χ2v) is 9.97. The highest BCUT2D eigenvalue weighted by molar-refractivity contribution is 5.84. The lowest BCUT2D eigenvalue weighted by Crippen LogP contribution is -2.30. The molecule has 214 valence electrons. The summed E-state index contributed by atoms with van der Waals surface area (Å²) in [7, 11) is 0. The molecule has 0 saturated carbocycles. The van der Waals surface area contributed by atoms with Crippen LogP contribution >= 0.6 is 0 Å². The first-order valence-corrected chi connectivity index (χ1v) is 13.4. The average Bonchev–Trinajstić information content (AvgIpc) is 3.68. The molecule has 1 aliphatic heterocycles. The molecule has 5 unspecified atom stereocenters. The van der Waals surface area contributed by atoms with Crippen LogP contribution in [0.3, 0.4) is 0 Å². The van der Waals surface area contributed by atoms with E-state index in [1.54, 1.807) is 16.8 Å². The molecule has 6 N–H and O–H groups in total. The van der Waals surface area contributed by atoms with Gasteiger partial charge in [-0.05, 0) is 24.5 Å². The third-order valence-electron chi connectivity index (χ3n) is 6.86. The number of hydrogen-bond acceptors (Lipinski definition) is 13. The predicted octanol–water partition coefficient (Wildman–Crippen LogP) is 1.72. The third kappa shape index (κ3) is 5.70. The number of hydrogen-bond donors (Lipinski definition) is 6. The van der Waals surface area contributed by atoms with Crippen molar-refractivity contribution < 1.29 is 24.6 Å². The van der Waals surface area contributed by atoms with Gasteiger partial charge in [-0.15, -0.1) is 0 Å². The van der Waals surface area contributed by atoms with Crippen molar-refractivity contribution in [1.82, 2.24) is 29.7 Å². The van der Waals surface area contributed by atoms with Crippen molar-refractivity contribution in [2.24, 2.45) is 5.92 Å². The van der Waals surface area contributed by atoms with Crippen molar-refractivity contribution in [3.63, 3.8) is 0 Å². The highest BCUT2D eigenvalue weighted by Crippen LogP contribution is 2.40. The topological polar surface area (TPSA) is 189 Å². The Morgan fingerprint density at radius 1 is 1.07 bits per heavy atom. The van der Waals surface area contributed by atoms with Gasteiger partial charge >= 0.3 is 0 Å². The van der Waals surface area contributed by atoms with E-state index in [4.69, 9.17) is 9.26 Å². The highest BCUT2D eigenvalue weighted by atomic mass is 16.6. The molecule has 40 heavy (non-hydrogen) atoms. The van der Waals surface area contributed by atoms with E-state index in [-0.39, 0.29) is 18.6 Å². The molecule has 5 heterocycles. The molecular weight excluding hydrogens is 518 g/mol. The van der Waals surface area contributed by atoms with Crippen molar-refractivity contribution >= 4 is 28.7 Å². The van der Waals surface area contributed by atoms with Crippen LogP contribution in [0, 0.1) is 5.92 Å². The maximum atomic E-state index is 11.0. The maximum Gasteiger partial charge on any atom is 0.226 e. The largest absolute Gasteiger partial charge is 0.394 e. The Hall–Kier alpha value is -3.85. The fraction of sp³-hybridized carbons (Fsp3) is 0.500. The highest BCUT2D eigenvalue weighted by Gasteiger charge is 2.47. The van der Waals surface area contributed by atoms with Crippen molar-refractivity contribution in [2.45, 2.75) is 57.8 Å². The minimum Gasteiger partial charge on any atom is -0.394 e. The van der Waals surface area contributed by atoms with Crippen molar-refractivity contribution in [3.05, 3.63) is 48.2 Å². The zero-order valence-corrected chi connectivity index (χ0v) is 22.6. The zero-order chi connectivity index (χ0) is 28.2. The van der Waals surface area contributed by atoms with E-state index >= 15 is 0 Å². The van der Waals surface area contributed by atoms with Gasteiger partial charge in [0.25, 0.3) is 0 Å². The second kappa shape index (κ2) is 12.1. The van der Waals surface area contributed by atoms with Crippen LogP contribution in [0.15, 0.2) is 41.3 Å². The van der Waals surface area contributed by atoms with Crippen LogP contribution < -0.4 is 16.0 Å². The maximum absolute atomic E-state index is 11.0. The van der Waals surface area contributed by atoms with Crippen LogP contribution in [0.25, 0.3) is 11.2 Å². The number of aliphatic hydroxyl groups excluding tert-OH is 3. The number of fused-ring (bicyclic) bond motifs is 1. The number of nitrogens with zero attached hydrogens (tertiary/aromatic N) is 6. The predicted molar refractivity (Wildman–Crippen MR) is 147 cm³/mol. The number of aliphatic hydroxyl groups is 3. The number of nitrogens with one attached hydrogen (secondary N) is 3. The molecular formula is C26H35N9O5. The van der Waals surface area contributed by atoms with Gasteiger partial charge in [-0.1, -0.05) is 32.0 Å². The summed E-state index contributed by atoms with van der Waals surface area (Å²) < 4.78 is 13.0. The van der Waals surface area contributed by atoms with E-state index in [2.05, 4.69) is 41.0 Å². The first-order chi connectivity index (χ1) is 19.4. The van der Waals surface area contributed by atoms with Gasteiger partial charge in [0.2, 0.25) is 5.95 Å². The summed E-state index contributed by atoms with van der Waals surface area (Å²) in [4.78, 5) is 18.0. The molecule has 0 spiro atoms. The van der Waals surface area contributed by atoms with Crippen LogP contribution in [0.1, 0.15) is 44.6 Å². The molecule has 0 aromatic carbocycles. The summed E-state index contributed by atoms with van der Waals surface area (Å²) in [5.41, 5.74) is 1.52. The average molecular weight is 554 g/mol. The van der Waals surface area contributed by atoms with E-state index in [0.717, 1.165) is 11.5 Å². The molecule has 14 heteroatoms. The molecule has 1 aliphatic rings. The molecule has 1 fully saturated rings. The summed E-state index contributed by atoms with van der Waals surface area (Å²) in [5, 5.41) is 45.4. The van der Waals surface area contributed by atoms with Gasteiger partial charge in [-0.25, -0.2) is 9.97 Å². The minimum atomic E-state index is -1.29. The number of pyridine rings is 1. The quantitative estimate of drug-likeness (QED) is 0.139. The van der Waals surface area contributed by atoms with E-state index < -0.39 is 24.5 Å². The number of aromatic nitrogens is 6. The molecule has 0 amide bonds. The van der Waals surface area contributed by atoms with Gasteiger partial charge < -0.3 is 40.5 Å². The Kier molecular flexibility index (Phi) is 8.40. The van der Waals surface area contributed by atoms with Gasteiger partial charge in [0, 0.05) is 25.4 Å².